The number of thiocarbonyl (C=S) groups is 1. The number of fused-ring (bicyclic) bond motifs is 5. The molecule has 0 aromatic rings. The summed E-state index contributed by atoms with van der Waals surface area (Å²) in [6, 6.07) is 0. The minimum absolute atomic E-state index is 0. The van der Waals surface area contributed by atoms with E-state index in [1.54, 1.807) is 0 Å². The number of aliphatic hydroxyl groups is 1. The van der Waals surface area contributed by atoms with Gasteiger partial charge in [0.05, 0.1) is 6.10 Å². The number of halogens is 2. The number of nitrogens with one attached hydrogen (secondary N) is 1. The zero-order valence-electron chi connectivity index (χ0n) is 24.4. The van der Waals surface area contributed by atoms with Crippen LogP contribution in [-0.4, -0.2) is 22.0 Å². The van der Waals surface area contributed by atoms with E-state index in [1.807, 2.05) is 0 Å². The first kappa shape index (κ1) is 36.4. The monoisotopic (exact) mass is 636 g/mol. The van der Waals surface area contributed by atoms with Gasteiger partial charge in [0.15, 0.2) is 5.11 Å². The van der Waals surface area contributed by atoms with E-state index in [4.69, 9.17) is 23.1 Å². The Hall–Kier alpha value is 0.419. The van der Waals surface area contributed by atoms with E-state index < -0.39 is 0 Å². The van der Waals surface area contributed by atoms with Crippen LogP contribution in [0, 0.1) is 58.2 Å². The Balaban J connectivity index is 0.00000241. The van der Waals surface area contributed by atoms with Gasteiger partial charge in [0.2, 0.25) is 0 Å². The van der Waals surface area contributed by atoms with E-state index in [1.165, 1.54) is 50.7 Å². The number of hydrazone groups is 1. The molecule has 4 rings (SSSR count). The summed E-state index contributed by atoms with van der Waals surface area (Å²) in [6.45, 7) is 14.9. The Bertz CT molecular complexity index is 816. The summed E-state index contributed by atoms with van der Waals surface area (Å²) in [7, 11) is 0. The van der Waals surface area contributed by atoms with Crippen molar-refractivity contribution in [2.45, 2.75) is 118 Å². The van der Waals surface area contributed by atoms with E-state index >= 15 is 0 Å². The smallest absolute Gasteiger partial charge is 1.00 e. The third-order valence-electron chi connectivity index (χ3n) is 12.0. The first-order valence-electron chi connectivity index (χ1n) is 14.8. The molecular formula is C30H53Cl2CuN3OS. The number of nitrogens with zero attached hydrogens (tertiary/aromatic N) is 1. The average molecular weight is 638 g/mol. The second-order valence-corrected chi connectivity index (χ2v) is 14.3. The molecule has 0 aromatic heterocycles. The maximum Gasteiger partial charge on any atom is 2.00 e. The third-order valence-corrected chi connectivity index (χ3v) is 12.1. The fraction of sp³-hybridized carbons (Fsp3) is 0.933. The van der Waals surface area contributed by atoms with Crippen molar-refractivity contribution in [1.82, 2.24) is 5.43 Å². The van der Waals surface area contributed by atoms with E-state index in [2.05, 4.69) is 47.0 Å². The summed E-state index contributed by atoms with van der Waals surface area (Å²) in [5, 5.41) is 15.6. The van der Waals surface area contributed by atoms with Crippen molar-refractivity contribution in [3.8, 4) is 0 Å². The van der Waals surface area contributed by atoms with Crippen LogP contribution in [0.15, 0.2) is 5.10 Å². The van der Waals surface area contributed by atoms with Crippen LogP contribution in [0.5, 0.6) is 0 Å². The zero-order valence-corrected chi connectivity index (χ0v) is 27.7. The van der Waals surface area contributed by atoms with Crippen molar-refractivity contribution in [3.63, 3.8) is 0 Å². The molecule has 0 saturated heterocycles. The standard InChI is InChI=1S/C30H53N3OS.2ClH.Cu/c1-7-20(18(2)3)9-8-19(4)23-10-11-24-22-17-27(32-33-28(31)35)26-16-21(34)12-14-30(26,6)25(22)13-15-29(23,24)5;;;/h18-26,34H,7-17H2,1-6H3,(H3,31,33,35);2*1H;/q;;;+2/p-2/b32-27+;;;/t19?,20?,21-,22-,23+,24-,25-,26?,29+,30+;;;/m0.../s1. The Kier molecular flexibility index (Phi) is 13.9. The first-order chi connectivity index (χ1) is 16.5. The van der Waals surface area contributed by atoms with Crippen LogP contribution in [0.2, 0.25) is 0 Å². The van der Waals surface area contributed by atoms with Crippen LogP contribution < -0.4 is 36.0 Å². The van der Waals surface area contributed by atoms with Gasteiger partial charge in [-0.05, 0) is 122 Å². The van der Waals surface area contributed by atoms with Crippen LogP contribution in [-0.2, 0) is 17.1 Å². The van der Waals surface area contributed by atoms with Gasteiger partial charge in [-0.2, -0.15) is 5.10 Å². The predicted molar refractivity (Wildman–Crippen MR) is 151 cm³/mol. The van der Waals surface area contributed by atoms with Crippen LogP contribution >= 0.6 is 12.2 Å². The van der Waals surface area contributed by atoms with Crippen molar-refractivity contribution in [2.24, 2.45) is 69.0 Å². The molecule has 4 saturated carbocycles. The van der Waals surface area contributed by atoms with Crippen molar-refractivity contribution >= 4 is 23.0 Å². The Morgan fingerprint density at radius 3 is 2.29 bits per heavy atom. The SMILES string of the molecule is CCC(CCC(C)[C@H]1CC[C@H]2[C@@H]3C/C(=N\NC(N)=S)C4C[C@@H](O)CC[C@]4(C)[C@H]3CC[C@]12C)C(C)C.[Cl-].[Cl-].[Cu+2]. The topological polar surface area (TPSA) is 70.6 Å². The van der Waals surface area contributed by atoms with Crippen molar-refractivity contribution in [1.29, 1.82) is 0 Å². The summed E-state index contributed by atoms with van der Waals surface area (Å²) in [5.74, 6) is 5.93. The number of hydrogen-bond donors (Lipinski definition) is 3. The first-order valence-corrected chi connectivity index (χ1v) is 15.2. The van der Waals surface area contributed by atoms with Gasteiger partial charge < -0.3 is 35.7 Å². The summed E-state index contributed by atoms with van der Waals surface area (Å²) in [5.41, 5.74) is 10.6. The van der Waals surface area contributed by atoms with Crippen LogP contribution in [0.25, 0.3) is 0 Å². The molecule has 4 aliphatic rings. The molecule has 10 atom stereocenters. The molecule has 0 heterocycles. The van der Waals surface area contributed by atoms with Gasteiger partial charge in [-0.25, -0.2) is 0 Å². The van der Waals surface area contributed by atoms with Gasteiger partial charge in [-0.15, -0.1) is 0 Å². The molecule has 1 radical (unpaired) electrons. The molecule has 4 fully saturated rings. The fourth-order valence-corrected chi connectivity index (χ4v) is 10.0. The summed E-state index contributed by atoms with van der Waals surface area (Å²) >= 11 is 5.09. The molecule has 0 amide bonds. The normalized spacial score (nSPS) is 40.4. The number of aliphatic hydroxyl groups excluding tert-OH is 1. The second-order valence-electron chi connectivity index (χ2n) is 13.8. The van der Waals surface area contributed by atoms with Gasteiger partial charge in [0.1, 0.15) is 0 Å². The molecule has 4 aliphatic carbocycles. The van der Waals surface area contributed by atoms with Gasteiger partial charge in [-0.3, -0.25) is 5.43 Å². The maximum absolute atomic E-state index is 10.6. The summed E-state index contributed by atoms with van der Waals surface area (Å²) < 4.78 is 0. The molecule has 8 heteroatoms. The van der Waals surface area contributed by atoms with Crippen LogP contribution in [0.4, 0.5) is 0 Å². The minimum Gasteiger partial charge on any atom is -1.00 e. The number of hydrogen-bond acceptors (Lipinski definition) is 3. The van der Waals surface area contributed by atoms with E-state index in [0.717, 1.165) is 61.2 Å². The van der Waals surface area contributed by atoms with Crippen molar-refractivity contribution in [2.75, 3.05) is 0 Å². The Labute approximate surface area is 261 Å². The fourth-order valence-electron chi connectivity index (χ4n) is 9.96. The average Bonchev–Trinajstić information content (AvgIpc) is 3.15. The molecule has 0 spiro atoms. The van der Waals surface area contributed by atoms with Gasteiger partial charge in [0, 0.05) is 11.6 Å². The second kappa shape index (κ2) is 14.5. The molecule has 4 N–H and O–H groups in total. The predicted octanol–water partition coefficient (Wildman–Crippen LogP) is 0.909. The van der Waals surface area contributed by atoms with Gasteiger partial charge >= 0.3 is 17.1 Å². The summed E-state index contributed by atoms with van der Waals surface area (Å²) in [6.07, 6.45) is 13.4. The minimum atomic E-state index is -0.206. The number of nitrogens with two attached hydrogens (primary N) is 1. The van der Waals surface area contributed by atoms with Crippen LogP contribution in [0.1, 0.15) is 112 Å². The Morgan fingerprint density at radius 1 is 1.05 bits per heavy atom. The van der Waals surface area contributed by atoms with Gasteiger partial charge in [-0.1, -0.05) is 54.4 Å². The maximum atomic E-state index is 10.6. The quantitative estimate of drug-likeness (QED) is 0.221. The molecule has 225 valence electrons. The van der Waals surface area contributed by atoms with Crippen molar-refractivity contribution in [3.05, 3.63) is 0 Å². The van der Waals surface area contributed by atoms with Crippen molar-refractivity contribution < 1.29 is 47.0 Å². The number of rotatable bonds is 7. The molecule has 4 nitrogen and oxygen atoms in total. The summed E-state index contributed by atoms with van der Waals surface area (Å²) in [4.78, 5) is 0. The van der Waals surface area contributed by atoms with Gasteiger partial charge in [0.25, 0.3) is 0 Å². The molecular weight excluding hydrogens is 585 g/mol. The molecule has 0 aromatic carbocycles. The van der Waals surface area contributed by atoms with E-state index in [9.17, 15) is 5.11 Å². The molecule has 0 bridgehead atoms. The van der Waals surface area contributed by atoms with Crippen LogP contribution in [0.3, 0.4) is 0 Å². The van der Waals surface area contributed by atoms with E-state index in [-0.39, 0.29) is 58.5 Å². The zero-order chi connectivity index (χ0) is 25.5. The van der Waals surface area contributed by atoms with E-state index in [0.29, 0.717) is 17.3 Å². The molecule has 38 heavy (non-hydrogen) atoms. The largest absolute Gasteiger partial charge is 2.00 e. The third kappa shape index (κ3) is 6.89. The molecule has 3 unspecified atom stereocenters. The molecule has 0 aliphatic heterocycles. The Morgan fingerprint density at radius 2 is 1.68 bits per heavy atom.